The summed E-state index contributed by atoms with van der Waals surface area (Å²) < 4.78 is 18.6. The molecular weight excluding hydrogens is 247 g/mol. The molecule has 0 saturated heterocycles. The third-order valence-electron chi connectivity index (χ3n) is 2.24. The Hall–Kier alpha value is -2.09. The Balaban J connectivity index is 2.46. The van der Waals surface area contributed by atoms with Crippen LogP contribution in [0.25, 0.3) is 0 Å². The molecule has 0 heterocycles. The van der Waals surface area contributed by atoms with E-state index in [9.17, 15) is 9.18 Å². The van der Waals surface area contributed by atoms with Crippen LogP contribution in [0.4, 0.5) is 9.18 Å². The second kappa shape index (κ2) is 6.19. The van der Waals surface area contributed by atoms with Gasteiger partial charge in [-0.3, -0.25) is 0 Å². The number of nitriles is 1. The molecule has 0 aromatic heterocycles. The van der Waals surface area contributed by atoms with Gasteiger partial charge in [0.05, 0.1) is 11.6 Å². The molecule has 0 radical (unpaired) electrons. The molecule has 0 unspecified atom stereocenters. The molecule has 1 N–H and O–H groups in total. The maximum absolute atomic E-state index is 13.5. The van der Waals surface area contributed by atoms with Crippen molar-refractivity contribution in [2.24, 2.45) is 0 Å². The van der Waals surface area contributed by atoms with Crippen molar-refractivity contribution < 1.29 is 13.9 Å². The van der Waals surface area contributed by atoms with Crippen LogP contribution >= 0.6 is 0 Å². The van der Waals surface area contributed by atoms with Crippen molar-refractivity contribution in [3.8, 4) is 6.07 Å². The Kier molecular flexibility index (Phi) is 4.87. The zero-order valence-electron chi connectivity index (χ0n) is 11.3. The minimum absolute atomic E-state index is 0.276. The van der Waals surface area contributed by atoms with Crippen molar-refractivity contribution in [1.29, 1.82) is 5.26 Å². The summed E-state index contributed by atoms with van der Waals surface area (Å²) in [5.74, 6) is -0.440. The second-order valence-corrected chi connectivity index (χ2v) is 5.10. The summed E-state index contributed by atoms with van der Waals surface area (Å²) in [6.45, 7) is 5.59. The lowest BCUT2D eigenvalue weighted by Crippen LogP contribution is -2.33. The first-order chi connectivity index (χ1) is 8.81. The van der Waals surface area contributed by atoms with E-state index in [-0.39, 0.29) is 12.1 Å². The van der Waals surface area contributed by atoms with Crippen molar-refractivity contribution in [3.05, 3.63) is 35.1 Å². The predicted octanol–water partition coefficient (Wildman–Crippen LogP) is 2.76. The molecule has 1 aromatic carbocycles. The van der Waals surface area contributed by atoms with Crippen molar-refractivity contribution >= 4 is 6.09 Å². The summed E-state index contributed by atoms with van der Waals surface area (Å²) in [4.78, 5) is 11.4. The Morgan fingerprint density at radius 3 is 2.68 bits per heavy atom. The molecule has 4 nitrogen and oxygen atoms in total. The average Bonchev–Trinajstić information content (AvgIpc) is 2.28. The van der Waals surface area contributed by atoms with E-state index in [0.717, 1.165) is 0 Å². The first kappa shape index (κ1) is 15.0. The van der Waals surface area contributed by atoms with E-state index in [1.165, 1.54) is 6.07 Å². The van der Waals surface area contributed by atoms with E-state index in [1.807, 2.05) is 6.07 Å². The number of alkyl carbamates (subject to hydrolysis) is 1. The third kappa shape index (κ3) is 5.38. The Morgan fingerprint density at radius 2 is 2.16 bits per heavy atom. The molecule has 1 amide bonds. The van der Waals surface area contributed by atoms with Gasteiger partial charge in [0, 0.05) is 6.54 Å². The molecule has 0 fully saturated rings. The number of rotatable bonds is 3. The van der Waals surface area contributed by atoms with E-state index in [4.69, 9.17) is 10.00 Å². The number of ether oxygens (including phenoxy) is 1. The normalized spacial score (nSPS) is 10.7. The topological polar surface area (TPSA) is 62.1 Å². The van der Waals surface area contributed by atoms with Crippen LogP contribution in [-0.4, -0.2) is 18.2 Å². The van der Waals surface area contributed by atoms with E-state index >= 15 is 0 Å². The summed E-state index contributed by atoms with van der Waals surface area (Å²) >= 11 is 0. The van der Waals surface area contributed by atoms with Crippen molar-refractivity contribution in [1.82, 2.24) is 5.32 Å². The summed E-state index contributed by atoms with van der Waals surface area (Å²) in [5.41, 5.74) is 0.181. The largest absolute Gasteiger partial charge is 0.444 e. The fourth-order valence-corrected chi connectivity index (χ4v) is 1.43. The maximum atomic E-state index is 13.5. The molecule has 0 aliphatic heterocycles. The van der Waals surface area contributed by atoms with Gasteiger partial charge >= 0.3 is 6.09 Å². The Labute approximate surface area is 112 Å². The molecule has 0 saturated carbocycles. The van der Waals surface area contributed by atoms with Gasteiger partial charge in [-0.2, -0.15) is 5.26 Å². The van der Waals surface area contributed by atoms with E-state index in [1.54, 1.807) is 32.9 Å². The molecule has 102 valence electrons. The lowest BCUT2D eigenvalue weighted by molar-refractivity contribution is 0.0528. The summed E-state index contributed by atoms with van der Waals surface area (Å²) in [7, 11) is 0. The number of nitrogens with zero attached hydrogens (tertiary/aromatic N) is 1. The minimum atomic E-state index is -0.552. The van der Waals surface area contributed by atoms with Crippen LogP contribution in [0.15, 0.2) is 18.2 Å². The van der Waals surface area contributed by atoms with E-state index in [0.29, 0.717) is 12.0 Å². The fourth-order valence-electron chi connectivity index (χ4n) is 1.43. The number of carbonyl (C=O) groups is 1. The maximum Gasteiger partial charge on any atom is 0.407 e. The first-order valence-electron chi connectivity index (χ1n) is 5.97. The second-order valence-electron chi connectivity index (χ2n) is 5.10. The van der Waals surface area contributed by atoms with Crippen LogP contribution < -0.4 is 5.32 Å². The molecular formula is C14H17FN2O2. The molecule has 19 heavy (non-hydrogen) atoms. The zero-order chi connectivity index (χ0) is 14.5. The lowest BCUT2D eigenvalue weighted by atomic mass is 10.1. The third-order valence-corrected chi connectivity index (χ3v) is 2.24. The lowest BCUT2D eigenvalue weighted by Gasteiger charge is -2.19. The van der Waals surface area contributed by atoms with Gasteiger partial charge in [0.2, 0.25) is 0 Å². The average molecular weight is 264 g/mol. The number of nitrogens with one attached hydrogen (secondary N) is 1. The number of carbonyl (C=O) groups excluding carboxylic acids is 1. The van der Waals surface area contributed by atoms with Gasteiger partial charge in [0.25, 0.3) is 0 Å². The number of amides is 1. The van der Waals surface area contributed by atoms with Gasteiger partial charge < -0.3 is 10.1 Å². The van der Waals surface area contributed by atoms with Crippen LogP contribution in [0.3, 0.4) is 0 Å². The quantitative estimate of drug-likeness (QED) is 0.913. The van der Waals surface area contributed by atoms with Crippen molar-refractivity contribution in [2.75, 3.05) is 6.54 Å². The highest BCUT2D eigenvalue weighted by Gasteiger charge is 2.15. The van der Waals surface area contributed by atoms with Gasteiger partial charge in [-0.15, -0.1) is 0 Å². The minimum Gasteiger partial charge on any atom is -0.444 e. The van der Waals surface area contributed by atoms with Crippen LogP contribution in [0.2, 0.25) is 0 Å². The molecule has 0 aliphatic rings. The van der Waals surface area contributed by atoms with Gasteiger partial charge in [0.1, 0.15) is 11.4 Å². The molecule has 0 spiro atoms. The SMILES string of the molecule is CC(C)(C)OC(=O)NCCc1ccc(C#N)cc1F. The summed E-state index contributed by atoms with van der Waals surface area (Å²) in [6, 6.07) is 6.14. The highest BCUT2D eigenvalue weighted by Crippen LogP contribution is 2.10. The van der Waals surface area contributed by atoms with Gasteiger partial charge in [0.15, 0.2) is 0 Å². The summed E-state index contributed by atoms with van der Waals surface area (Å²) in [5, 5.41) is 11.2. The fraction of sp³-hybridized carbons (Fsp3) is 0.429. The van der Waals surface area contributed by atoms with Gasteiger partial charge in [-0.05, 0) is 44.9 Å². The molecule has 0 aliphatic carbocycles. The first-order valence-corrected chi connectivity index (χ1v) is 5.97. The van der Waals surface area contributed by atoms with Crippen LogP contribution in [0.1, 0.15) is 31.9 Å². The molecule has 1 aromatic rings. The van der Waals surface area contributed by atoms with Crippen LogP contribution in [0.5, 0.6) is 0 Å². The molecule has 0 bridgehead atoms. The smallest absolute Gasteiger partial charge is 0.407 e. The van der Waals surface area contributed by atoms with Crippen LogP contribution in [-0.2, 0) is 11.2 Å². The highest BCUT2D eigenvalue weighted by molar-refractivity contribution is 5.67. The predicted molar refractivity (Wildman–Crippen MR) is 69.1 cm³/mol. The molecule has 5 heteroatoms. The Morgan fingerprint density at radius 1 is 1.47 bits per heavy atom. The van der Waals surface area contributed by atoms with Gasteiger partial charge in [-0.25, -0.2) is 9.18 Å². The van der Waals surface area contributed by atoms with E-state index < -0.39 is 17.5 Å². The monoisotopic (exact) mass is 264 g/mol. The number of hydrogen-bond acceptors (Lipinski definition) is 3. The van der Waals surface area contributed by atoms with E-state index in [2.05, 4.69) is 5.32 Å². The standard InChI is InChI=1S/C14H17FN2O2/c1-14(2,3)19-13(18)17-7-6-11-5-4-10(9-16)8-12(11)15/h4-5,8H,6-7H2,1-3H3,(H,17,18). The zero-order valence-corrected chi connectivity index (χ0v) is 11.3. The number of hydrogen-bond donors (Lipinski definition) is 1. The van der Waals surface area contributed by atoms with Gasteiger partial charge in [-0.1, -0.05) is 6.07 Å². The summed E-state index contributed by atoms with van der Waals surface area (Å²) in [6.07, 6.45) is -0.182. The highest BCUT2D eigenvalue weighted by atomic mass is 19.1. The van der Waals surface area contributed by atoms with Crippen molar-refractivity contribution in [2.45, 2.75) is 32.8 Å². The molecule has 1 rings (SSSR count). The van der Waals surface area contributed by atoms with Crippen molar-refractivity contribution in [3.63, 3.8) is 0 Å². The van der Waals surface area contributed by atoms with Crippen LogP contribution in [0, 0.1) is 17.1 Å². The number of benzene rings is 1. The number of halogens is 1. The molecule has 0 atom stereocenters. The Bertz CT molecular complexity index is 501.